The van der Waals surface area contributed by atoms with Crippen LogP contribution in [-0.4, -0.2) is 11.8 Å². The number of allylic oxidation sites excluding steroid dienone is 2. The first kappa shape index (κ1) is 12.5. The molecule has 2 amide bonds. The van der Waals surface area contributed by atoms with Crippen molar-refractivity contribution in [3.63, 3.8) is 0 Å². The fraction of sp³-hybridized carbons (Fsp3) is 0.400. The van der Waals surface area contributed by atoms with Crippen LogP contribution in [0.5, 0.6) is 0 Å². The molecule has 0 radical (unpaired) electrons. The van der Waals surface area contributed by atoms with E-state index in [4.69, 9.17) is 27.9 Å². The van der Waals surface area contributed by atoms with Crippen molar-refractivity contribution in [2.75, 3.05) is 0 Å². The van der Waals surface area contributed by atoms with Crippen molar-refractivity contribution in [2.45, 2.75) is 64.9 Å². The van der Waals surface area contributed by atoms with Gasteiger partial charge in [0.2, 0.25) is 11.8 Å². The van der Waals surface area contributed by atoms with Crippen LogP contribution in [0.4, 0.5) is 0 Å². The Bertz CT molecular complexity index is 1630. The zero-order valence-electron chi connectivity index (χ0n) is 31.0. The van der Waals surface area contributed by atoms with Crippen LogP contribution in [0.3, 0.4) is 0 Å². The molecular formula is C30H34N2O2. The fourth-order valence-electron chi connectivity index (χ4n) is 4.88. The molecule has 6 rings (SSSR count). The predicted molar refractivity (Wildman–Crippen MR) is 137 cm³/mol. The summed E-state index contributed by atoms with van der Waals surface area (Å²) in [6, 6.07) is 10.8. The van der Waals surface area contributed by atoms with Crippen LogP contribution >= 0.6 is 0 Å². The van der Waals surface area contributed by atoms with Gasteiger partial charge in [0, 0.05) is 16.4 Å². The summed E-state index contributed by atoms with van der Waals surface area (Å²) in [5.74, 6) is -4.90. The van der Waals surface area contributed by atoms with E-state index < -0.39 is 61.9 Å². The Morgan fingerprint density at radius 2 is 1.18 bits per heavy atom. The molecule has 4 aliphatic carbocycles. The van der Waals surface area contributed by atoms with Gasteiger partial charge in [0.15, 0.2) is 0 Å². The number of amides is 2. The molecule has 0 bridgehead atoms. The van der Waals surface area contributed by atoms with Crippen LogP contribution in [0, 0.1) is 25.7 Å². The maximum Gasteiger partial charge on any atom is 0.224 e. The van der Waals surface area contributed by atoms with Gasteiger partial charge in [0.25, 0.3) is 0 Å². The Hall–Kier alpha value is -3.14. The van der Waals surface area contributed by atoms with Gasteiger partial charge < -0.3 is 11.5 Å². The largest absolute Gasteiger partial charge is 0.369 e. The Labute approximate surface area is 219 Å². The monoisotopic (exact) mass is 466 g/mol. The summed E-state index contributed by atoms with van der Waals surface area (Å²) >= 11 is 0. The van der Waals surface area contributed by atoms with Gasteiger partial charge in [0.05, 0.1) is 11.8 Å². The highest BCUT2D eigenvalue weighted by Gasteiger charge is 2.33. The van der Waals surface area contributed by atoms with E-state index in [1.165, 1.54) is 0 Å². The van der Waals surface area contributed by atoms with E-state index in [9.17, 15) is 9.59 Å². The summed E-state index contributed by atoms with van der Waals surface area (Å²) in [5.41, 5.74) is 15.9. The number of fused-ring (bicyclic) bond motifs is 4. The number of carbonyl (C=O) groups is 2. The number of nitrogens with two attached hydrogens (primary N) is 2. The molecule has 2 atom stereocenters. The standard InChI is InChI=1S/2C15H17NO/c2*1-9-5-6-10-8-14-11(13(10)7-9)3-2-4-12(14)15(16)17/h2*5-7,12H,2-4,8H2,1H3,(H2,16,17)/t2*12-/m10/s1/i2*2D2,3D2,4D2. The van der Waals surface area contributed by atoms with Crippen molar-refractivity contribution in [1.82, 2.24) is 0 Å². The van der Waals surface area contributed by atoms with Crippen LogP contribution in [0.15, 0.2) is 47.5 Å². The zero-order valence-corrected chi connectivity index (χ0v) is 19.0. The summed E-state index contributed by atoms with van der Waals surface area (Å²) in [6.45, 7) is 3.69. The lowest BCUT2D eigenvalue weighted by Crippen LogP contribution is -2.27. The number of rotatable bonds is 2. The summed E-state index contributed by atoms with van der Waals surface area (Å²) in [4.78, 5) is 23.8. The molecule has 4 nitrogen and oxygen atoms in total. The van der Waals surface area contributed by atoms with Crippen molar-refractivity contribution in [2.24, 2.45) is 23.3 Å². The Balaban J connectivity index is 0.000000181. The molecule has 0 spiro atoms. The van der Waals surface area contributed by atoms with Gasteiger partial charge in [-0.2, -0.15) is 0 Å². The van der Waals surface area contributed by atoms with E-state index in [0.29, 0.717) is 11.1 Å². The van der Waals surface area contributed by atoms with E-state index in [2.05, 4.69) is 0 Å². The second-order valence-electron chi connectivity index (χ2n) is 8.93. The van der Waals surface area contributed by atoms with Crippen molar-refractivity contribution in [1.29, 1.82) is 0 Å². The third-order valence-electron chi connectivity index (χ3n) is 6.55. The number of carbonyl (C=O) groups excluding carboxylic acids is 2. The summed E-state index contributed by atoms with van der Waals surface area (Å²) in [5, 5.41) is 0. The minimum Gasteiger partial charge on any atom is -0.369 e. The highest BCUT2D eigenvalue weighted by Crippen LogP contribution is 2.45. The Morgan fingerprint density at radius 3 is 1.56 bits per heavy atom. The first-order chi connectivity index (χ1) is 20.9. The molecule has 176 valence electrons. The topological polar surface area (TPSA) is 86.2 Å². The average Bonchev–Trinajstić information content (AvgIpc) is 3.45. The number of aryl methyl sites for hydroxylation is 2. The zero-order chi connectivity index (χ0) is 34.7. The van der Waals surface area contributed by atoms with Crippen LogP contribution in [-0.2, 0) is 22.4 Å². The molecule has 2 aromatic carbocycles. The molecule has 0 saturated heterocycles. The maximum atomic E-state index is 11.9. The molecule has 0 heterocycles. The molecule has 0 fully saturated rings. The van der Waals surface area contributed by atoms with Gasteiger partial charge in [-0.15, -0.1) is 0 Å². The molecule has 0 saturated carbocycles. The molecule has 4 aliphatic rings. The van der Waals surface area contributed by atoms with E-state index in [0.717, 1.165) is 22.3 Å². The Morgan fingerprint density at radius 1 is 0.765 bits per heavy atom. The first-order valence-electron chi connectivity index (χ1n) is 17.1. The van der Waals surface area contributed by atoms with Crippen molar-refractivity contribution in [3.8, 4) is 0 Å². The molecule has 0 unspecified atom stereocenters. The normalized spacial score (nSPS) is 36.4. The molecular weight excluding hydrogens is 420 g/mol. The lowest BCUT2D eigenvalue weighted by atomic mass is 9.82. The van der Waals surface area contributed by atoms with Crippen LogP contribution in [0.1, 0.15) is 88.1 Å². The van der Waals surface area contributed by atoms with Crippen molar-refractivity contribution < 1.29 is 26.0 Å². The van der Waals surface area contributed by atoms with Crippen molar-refractivity contribution in [3.05, 3.63) is 80.9 Å². The number of hydrogen-bond donors (Lipinski definition) is 2. The van der Waals surface area contributed by atoms with Crippen LogP contribution < -0.4 is 11.5 Å². The number of hydrogen-bond acceptors (Lipinski definition) is 2. The molecule has 2 aromatic rings. The summed E-state index contributed by atoms with van der Waals surface area (Å²) in [6.07, 6.45) is -15.9. The molecule has 34 heavy (non-hydrogen) atoms. The summed E-state index contributed by atoms with van der Waals surface area (Å²) < 4.78 is 97.8. The third-order valence-corrected chi connectivity index (χ3v) is 6.55. The predicted octanol–water partition coefficient (Wildman–Crippen LogP) is 5.18. The summed E-state index contributed by atoms with van der Waals surface area (Å²) in [7, 11) is 0. The second-order valence-corrected chi connectivity index (χ2v) is 8.93. The van der Waals surface area contributed by atoms with Gasteiger partial charge in [0.1, 0.15) is 0 Å². The highest BCUT2D eigenvalue weighted by molar-refractivity contribution is 5.88. The number of primary amides is 2. The van der Waals surface area contributed by atoms with Gasteiger partial charge in [-0.05, 0) is 109 Å². The first-order valence-corrected chi connectivity index (χ1v) is 11.1. The lowest BCUT2D eigenvalue weighted by Gasteiger charge is -2.22. The second kappa shape index (κ2) is 8.90. The molecule has 0 aliphatic heterocycles. The smallest absolute Gasteiger partial charge is 0.224 e. The number of benzene rings is 2. The SMILES string of the molecule is [2H]C1([2H])C2=C(Cc3ccc(C)cc32)[C@@H](C(N)=O)C([2H])([2H])C1([2H])[2H].[2H]C1([2H])C2=C(Cc3ccc(C)cc32)[C@H](C(N)=O)C([2H])([2H])C1([2H])[2H]. The quantitative estimate of drug-likeness (QED) is 0.639. The van der Waals surface area contributed by atoms with Gasteiger partial charge in [-0.3, -0.25) is 9.59 Å². The van der Waals surface area contributed by atoms with E-state index in [1.807, 2.05) is 38.1 Å². The minimum absolute atomic E-state index is 0.0834. The molecule has 4 N–H and O–H groups in total. The van der Waals surface area contributed by atoms with Crippen molar-refractivity contribution >= 4 is 23.0 Å². The Kier molecular flexibility index (Phi) is 3.28. The van der Waals surface area contributed by atoms with Gasteiger partial charge in [-0.1, -0.05) is 47.5 Å². The van der Waals surface area contributed by atoms with E-state index >= 15 is 0 Å². The maximum absolute atomic E-state index is 11.9. The van der Waals surface area contributed by atoms with Crippen LogP contribution in [0.25, 0.3) is 11.1 Å². The highest BCUT2D eigenvalue weighted by atomic mass is 16.1. The molecule has 4 heteroatoms. The molecule has 0 aromatic heterocycles. The third kappa shape index (κ3) is 4.00. The van der Waals surface area contributed by atoms with E-state index in [-0.39, 0.29) is 35.1 Å². The average molecular weight is 467 g/mol. The lowest BCUT2D eigenvalue weighted by molar-refractivity contribution is -0.121. The van der Waals surface area contributed by atoms with Gasteiger partial charge in [-0.25, -0.2) is 0 Å². The minimum atomic E-state index is -2.89. The fourth-order valence-corrected chi connectivity index (χ4v) is 4.88. The van der Waals surface area contributed by atoms with Crippen LogP contribution in [0.2, 0.25) is 0 Å². The van der Waals surface area contributed by atoms with E-state index in [1.54, 1.807) is 12.1 Å². The van der Waals surface area contributed by atoms with Gasteiger partial charge >= 0.3 is 0 Å².